The molecule has 1 fully saturated rings. The van der Waals surface area contributed by atoms with E-state index in [2.05, 4.69) is 15.5 Å². The first-order valence-corrected chi connectivity index (χ1v) is 8.23. The van der Waals surface area contributed by atoms with Gasteiger partial charge in [0.05, 0.1) is 22.7 Å². The van der Waals surface area contributed by atoms with Crippen molar-refractivity contribution < 1.29 is 14.4 Å². The van der Waals surface area contributed by atoms with E-state index in [0.717, 1.165) is 24.2 Å². The number of fused-ring (bicyclic) bond motifs is 1. The number of rotatable bonds is 6. The molecule has 2 aromatic heterocycles. The quantitative estimate of drug-likeness (QED) is 0.855. The van der Waals surface area contributed by atoms with Gasteiger partial charge in [-0.05, 0) is 38.2 Å². The number of aromatic nitrogens is 2. The van der Waals surface area contributed by atoms with E-state index in [4.69, 9.17) is 4.52 Å². The maximum atomic E-state index is 12.6. The van der Waals surface area contributed by atoms with Gasteiger partial charge >= 0.3 is 0 Å². The molecule has 1 unspecified atom stereocenters. The molecule has 1 saturated carbocycles. The molecule has 3 rings (SSSR count). The van der Waals surface area contributed by atoms with Crippen molar-refractivity contribution in [3.8, 4) is 0 Å². The van der Waals surface area contributed by atoms with Crippen molar-refractivity contribution in [1.29, 1.82) is 0 Å². The van der Waals surface area contributed by atoms with Crippen LogP contribution in [0.15, 0.2) is 10.6 Å². The van der Waals surface area contributed by atoms with E-state index >= 15 is 0 Å². The molecule has 1 aliphatic rings. The first-order valence-electron chi connectivity index (χ1n) is 8.23. The van der Waals surface area contributed by atoms with Crippen LogP contribution in [0, 0.1) is 0 Å². The van der Waals surface area contributed by atoms with Crippen LogP contribution in [-0.4, -0.2) is 33.8 Å². The molecule has 0 bridgehead atoms. The molecule has 23 heavy (non-hydrogen) atoms. The van der Waals surface area contributed by atoms with Gasteiger partial charge in [-0.15, -0.1) is 0 Å². The van der Waals surface area contributed by atoms with E-state index in [9.17, 15) is 9.90 Å². The predicted octanol–water partition coefficient (Wildman–Crippen LogP) is 2.72. The van der Waals surface area contributed by atoms with Crippen LogP contribution in [0.4, 0.5) is 0 Å². The van der Waals surface area contributed by atoms with Crippen LogP contribution in [0.5, 0.6) is 0 Å². The molecule has 1 amide bonds. The number of aliphatic hydroxyl groups is 1. The second-order valence-electron chi connectivity index (χ2n) is 6.67. The molecule has 6 heteroatoms. The number of carbonyl (C=O) groups is 1. The molecule has 0 radical (unpaired) electrons. The SMILES string of the molecule is CC(O)CCNC(=O)c1cc(C2CC2)nc2onc(C(C)C)c12. The van der Waals surface area contributed by atoms with Gasteiger partial charge in [0, 0.05) is 18.2 Å². The summed E-state index contributed by atoms with van der Waals surface area (Å²) in [5.74, 6) is 0.412. The third kappa shape index (κ3) is 3.37. The number of carbonyl (C=O) groups excluding carboxylic acids is 1. The predicted molar refractivity (Wildman–Crippen MR) is 86.5 cm³/mol. The van der Waals surface area contributed by atoms with Crippen molar-refractivity contribution in [1.82, 2.24) is 15.5 Å². The third-order valence-electron chi connectivity index (χ3n) is 4.13. The lowest BCUT2D eigenvalue weighted by Gasteiger charge is -2.10. The Labute approximate surface area is 135 Å². The van der Waals surface area contributed by atoms with Crippen molar-refractivity contribution in [2.45, 2.75) is 58.0 Å². The minimum atomic E-state index is -0.434. The fourth-order valence-electron chi connectivity index (χ4n) is 2.64. The van der Waals surface area contributed by atoms with Crippen molar-refractivity contribution in [2.24, 2.45) is 0 Å². The van der Waals surface area contributed by atoms with E-state index < -0.39 is 6.10 Å². The molecular weight excluding hydrogens is 294 g/mol. The Morgan fingerprint density at radius 2 is 2.17 bits per heavy atom. The number of nitrogens with zero attached hydrogens (tertiary/aromatic N) is 2. The zero-order valence-electron chi connectivity index (χ0n) is 13.8. The van der Waals surface area contributed by atoms with Gasteiger partial charge in [0.25, 0.3) is 11.6 Å². The Balaban J connectivity index is 1.97. The second kappa shape index (κ2) is 6.28. The summed E-state index contributed by atoms with van der Waals surface area (Å²) < 4.78 is 5.38. The van der Waals surface area contributed by atoms with E-state index in [1.54, 1.807) is 6.92 Å². The van der Waals surface area contributed by atoms with Crippen LogP contribution >= 0.6 is 0 Å². The molecule has 0 saturated heterocycles. The zero-order valence-corrected chi connectivity index (χ0v) is 13.8. The molecule has 1 atom stereocenters. The highest BCUT2D eigenvalue weighted by atomic mass is 16.5. The lowest BCUT2D eigenvalue weighted by molar-refractivity contribution is 0.0947. The molecule has 6 nitrogen and oxygen atoms in total. The topological polar surface area (TPSA) is 88.2 Å². The number of pyridine rings is 1. The summed E-state index contributed by atoms with van der Waals surface area (Å²) >= 11 is 0. The summed E-state index contributed by atoms with van der Waals surface area (Å²) in [4.78, 5) is 17.2. The van der Waals surface area contributed by atoms with E-state index in [1.807, 2.05) is 19.9 Å². The molecule has 0 spiro atoms. The Morgan fingerprint density at radius 1 is 1.43 bits per heavy atom. The molecule has 0 aromatic carbocycles. The summed E-state index contributed by atoms with van der Waals surface area (Å²) in [5, 5.41) is 17.0. The number of amides is 1. The zero-order chi connectivity index (χ0) is 16.6. The first-order chi connectivity index (χ1) is 11.0. The van der Waals surface area contributed by atoms with E-state index in [0.29, 0.717) is 35.5 Å². The van der Waals surface area contributed by atoms with Crippen LogP contribution in [-0.2, 0) is 0 Å². The van der Waals surface area contributed by atoms with Crippen molar-refractivity contribution in [3.63, 3.8) is 0 Å². The number of nitrogens with one attached hydrogen (secondary N) is 1. The number of hydrogen-bond donors (Lipinski definition) is 2. The maximum Gasteiger partial charge on any atom is 0.259 e. The Hall–Kier alpha value is -1.95. The lowest BCUT2D eigenvalue weighted by atomic mass is 10.0. The summed E-state index contributed by atoms with van der Waals surface area (Å²) in [6.45, 7) is 6.17. The molecule has 2 N–H and O–H groups in total. The van der Waals surface area contributed by atoms with Gasteiger partial charge in [0.15, 0.2) is 0 Å². The van der Waals surface area contributed by atoms with E-state index in [1.165, 1.54) is 0 Å². The fourth-order valence-corrected chi connectivity index (χ4v) is 2.64. The molecule has 1 aliphatic carbocycles. The van der Waals surface area contributed by atoms with Crippen molar-refractivity contribution in [2.75, 3.05) is 6.54 Å². The van der Waals surface area contributed by atoms with Crippen LogP contribution < -0.4 is 5.32 Å². The summed E-state index contributed by atoms with van der Waals surface area (Å²) in [6.07, 6.45) is 2.30. The standard InChI is InChI=1S/C17H23N3O3/c1-9(2)15-14-12(16(22)18-7-6-10(3)21)8-13(11-4-5-11)19-17(14)23-20-15/h8-11,21H,4-7H2,1-3H3,(H,18,22). The molecule has 0 aliphatic heterocycles. The van der Waals surface area contributed by atoms with Crippen LogP contribution in [0.1, 0.15) is 73.6 Å². The molecule has 124 valence electrons. The third-order valence-corrected chi connectivity index (χ3v) is 4.13. The Bertz CT molecular complexity index is 717. The molecule has 2 aromatic rings. The van der Waals surface area contributed by atoms with Crippen molar-refractivity contribution in [3.05, 3.63) is 23.0 Å². The lowest BCUT2D eigenvalue weighted by Crippen LogP contribution is -2.27. The minimum Gasteiger partial charge on any atom is -0.393 e. The summed E-state index contributed by atoms with van der Waals surface area (Å²) in [7, 11) is 0. The van der Waals surface area contributed by atoms with Gasteiger partial charge in [-0.3, -0.25) is 4.79 Å². The van der Waals surface area contributed by atoms with Gasteiger partial charge in [-0.25, -0.2) is 4.98 Å². The Morgan fingerprint density at radius 3 is 2.78 bits per heavy atom. The van der Waals surface area contributed by atoms with Gasteiger partial charge < -0.3 is 14.9 Å². The van der Waals surface area contributed by atoms with E-state index in [-0.39, 0.29) is 11.8 Å². The van der Waals surface area contributed by atoms with Gasteiger partial charge in [-0.1, -0.05) is 19.0 Å². The molecular formula is C17H23N3O3. The van der Waals surface area contributed by atoms with Gasteiger partial charge in [-0.2, -0.15) is 0 Å². The van der Waals surface area contributed by atoms with Crippen LogP contribution in [0.3, 0.4) is 0 Å². The van der Waals surface area contributed by atoms with Crippen LogP contribution in [0.25, 0.3) is 11.1 Å². The van der Waals surface area contributed by atoms with Crippen molar-refractivity contribution >= 4 is 17.0 Å². The molecule has 2 heterocycles. The van der Waals surface area contributed by atoms with Gasteiger partial charge in [0.2, 0.25) is 0 Å². The number of hydrogen-bond acceptors (Lipinski definition) is 5. The monoisotopic (exact) mass is 317 g/mol. The highest BCUT2D eigenvalue weighted by Gasteiger charge is 2.29. The highest BCUT2D eigenvalue weighted by molar-refractivity contribution is 6.06. The highest BCUT2D eigenvalue weighted by Crippen LogP contribution is 2.41. The largest absolute Gasteiger partial charge is 0.393 e. The van der Waals surface area contributed by atoms with Gasteiger partial charge in [0.1, 0.15) is 0 Å². The second-order valence-corrected chi connectivity index (χ2v) is 6.67. The summed E-state index contributed by atoms with van der Waals surface area (Å²) in [6, 6.07) is 1.88. The fraction of sp³-hybridized carbons (Fsp3) is 0.588. The average molecular weight is 317 g/mol. The van der Waals surface area contributed by atoms with Crippen LogP contribution in [0.2, 0.25) is 0 Å². The maximum absolute atomic E-state index is 12.6. The summed E-state index contributed by atoms with van der Waals surface area (Å²) in [5.41, 5.74) is 2.69. The number of aliphatic hydroxyl groups excluding tert-OH is 1. The normalized spacial score (nSPS) is 16.0. The minimum absolute atomic E-state index is 0.147. The first kappa shape index (κ1) is 15.9. The smallest absolute Gasteiger partial charge is 0.259 e. The average Bonchev–Trinajstić information content (AvgIpc) is 3.24. The Kier molecular flexibility index (Phi) is 4.35.